The third kappa shape index (κ3) is 2.53. The molecule has 0 bridgehead atoms. The normalized spacial score (nSPS) is 41.8. The van der Waals surface area contributed by atoms with E-state index < -0.39 is 23.9 Å². The predicted octanol–water partition coefficient (Wildman–Crippen LogP) is 1.37. The van der Waals surface area contributed by atoms with Crippen LogP contribution in [0.25, 0.3) is 0 Å². The van der Waals surface area contributed by atoms with Gasteiger partial charge in [-0.1, -0.05) is 12.2 Å². The lowest BCUT2D eigenvalue weighted by molar-refractivity contribution is -0.164. The number of hydrogen-bond acceptors (Lipinski definition) is 4. The standard InChI is InChI=1S/C15H22O4/c1-8(2)7-11(16)12-9(3)10-5-6-15(4,18)14(17)13(10)19-12/h7,10,12-14,17-18H,3,5-6H2,1-2,4H3. The van der Waals surface area contributed by atoms with Gasteiger partial charge in [-0.05, 0) is 45.3 Å². The molecule has 1 heterocycles. The van der Waals surface area contributed by atoms with Gasteiger partial charge in [-0.15, -0.1) is 0 Å². The third-order valence-corrected chi connectivity index (χ3v) is 4.10. The molecule has 0 radical (unpaired) electrons. The van der Waals surface area contributed by atoms with Crippen molar-refractivity contribution in [1.29, 1.82) is 0 Å². The Labute approximate surface area is 113 Å². The summed E-state index contributed by atoms with van der Waals surface area (Å²) in [7, 11) is 0. The Bertz CT molecular complexity index is 431. The molecular weight excluding hydrogens is 244 g/mol. The molecule has 2 fully saturated rings. The second-order valence-corrected chi connectivity index (χ2v) is 6.13. The number of ketones is 1. The molecular formula is C15H22O4. The van der Waals surface area contributed by atoms with Crippen molar-refractivity contribution in [2.45, 2.75) is 57.5 Å². The molecule has 0 aromatic rings. The average Bonchev–Trinajstić information content (AvgIpc) is 2.61. The number of fused-ring (bicyclic) bond motifs is 1. The lowest BCUT2D eigenvalue weighted by Gasteiger charge is -2.40. The van der Waals surface area contributed by atoms with Gasteiger partial charge in [0.2, 0.25) is 0 Å². The first-order valence-electron chi connectivity index (χ1n) is 6.67. The Morgan fingerprint density at radius 3 is 2.74 bits per heavy atom. The summed E-state index contributed by atoms with van der Waals surface area (Å²) in [5, 5.41) is 20.3. The molecule has 4 nitrogen and oxygen atoms in total. The van der Waals surface area contributed by atoms with Crippen LogP contribution in [-0.2, 0) is 9.53 Å². The highest BCUT2D eigenvalue weighted by Crippen LogP contribution is 2.44. The topological polar surface area (TPSA) is 66.8 Å². The zero-order valence-corrected chi connectivity index (χ0v) is 11.7. The molecule has 19 heavy (non-hydrogen) atoms. The Hall–Kier alpha value is -0.970. The van der Waals surface area contributed by atoms with Crippen molar-refractivity contribution >= 4 is 5.78 Å². The van der Waals surface area contributed by atoms with Crippen LogP contribution in [0, 0.1) is 5.92 Å². The maximum atomic E-state index is 12.1. The molecule has 0 amide bonds. The van der Waals surface area contributed by atoms with Gasteiger partial charge in [-0.25, -0.2) is 0 Å². The fourth-order valence-electron chi connectivity index (χ4n) is 2.95. The molecule has 1 saturated carbocycles. The Morgan fingerprint density at radius 2 is 2.16 bits per heavy atom. The lowest BCUT2D eigenvalue weighted by atomic mass is 9.73. The molecule has 2 aliphatic rings. The first-order valence-corrected chi connectivity index (χ1v) is 6.67. The van der Waals surface area contributed by atoms with Gasteiger partial charge in [0.15, 0.2) is 5.78 Å². The molecule has 1 aliphatic heterocycles. The average molecular weight is 266 g/mol. The van der Waals surface area contributed by atoms with E-state index in [1.54, 1.807) is 6.92 Å². The van der Waals surface area contributed by atoms with Gasteiger partial charge in [0.1, 0.15) is 12.2 Å². The van der Waals surface area contributed by atoms with Gasteiger partial charge in [0, 0.05) is 5.92 Å². The highest BCUT2D eigenvalue weighted by atomic mass is 16.5. The summed E-state index contributed by atoms with van der Waals surface area (Å²) in [6.07, 6.45) is 0.516. The van der Waals surface area contributed by atoms with Gasteiger partial charge < -0.3 is 14.9 Å². The monoisotopic (exact) mass is 266 g/mol. The molecule has 1 saturated heterocycles. The number of ether oxygens (including phenoxy) is 1. The van der Waals surface area contributed by atoms with E-state index in [9.17, 15) is 15.0 Å². The van der Waals surface area contributed by atoms with Crippen LogP contribution in [-0.4, -0.2) is 39.9 Å². The Morgan fingerprint density at radius 1 is 1.53 bits per heavy atom. The Kier molecular flexibility index (Phi) is 3.69. The van der Waals surface area contributed by atoms with Crippen LogP contribution in [0.2, 0.25) is 0 Å². The minimum absolute atomic E-state index is 0.0465. The number of carbonyl (C=O) groups excluding carboxylic acids is 1. The molecule has 1 aliphatic carbocycles. The van der Waals surface area contributed by atoms with Gasteiger partial charge in [0.25, 0.3) is 0 Å². The second kappa shape index (κ2) is 4.85. The number of aliphatic hydroxyl groups is 2. The van der Waals surface area contributed by atoms with Gasteiger partial charge in [-0.3, -0.25) is 4.79 Å². The molecule has 0 aromatic carbocycles. The van der Waals surface area contributed by atoms with E-state index >= 15 is 0 Å². The maximum Gasteiger partial charge on any atom is 0.188 e. The van der Waals surface area contributed by atoms with Crippen LogP contribution >= 0.6 is 0 Å². The number of carbonyl (C=O) groups is 1. The van der Waals surface area contributed by atoms with Gasteiger partial charge >= 0.3 is 0 Å². The van der Waals surface area contributed by atoms with Crippen LogP contribution in [0.5, 0.6) is 0 Å². The molecule has 0 spiro atoms. The Balaban J connectivity index is 2.20. The van der Waals surface area contributed by atoms with Crippen LogP contribution in [0.3, 0.4) is 0 Å². The van der Waals surface area contributed by atoms with Crippen molar-refractivity contribution in [3.63, 3.8) is 0 Å². The summed E-state index contributed by atoms with van der Waals surface area (Å²) >= 11 is 0. The van der Waals surface area contributed by atoms with Crippen molar-refractivity contribution < 1.29 is 19.7 Å². The van der Waals surface area contributed by atoms with E-state index in [1.165, 1.54) is 6.08 Å². The predicted molar refractivity (Wildman–Crippen MR) is 71.6 cm³/mol. The van der Waals surface area contributed by atoms with Gasteiger partial charge in [-0.2, -0.15) is 0 Å². The maximum absolute atomic E-state index is 12.1. The van der Waals surface area contributed by atoms with Crippen LogP contribution in [0.15, 0.2) is 23.8 Å². The van der Waals surface area contributed by atoms with E-state index in [0.717, 1.165) is 11.1 Å². The van der Waals surface area contributed by atoms with E-state index in [-0.39, 0.29) is 11.7 Å². The summed E-state index contributed by atoms with van der Waals surface area (Å²) in [4.78, 5) is 12.1. The quantitative estimate of drug-likeness (QED) is 0.585. The fourth-order valence-corrected chi connectivity index (χ4v) is 2.95. The van der Waals surface area contributed by atoms with Crippen LogP contribution in [0.1, 0.15) is 33.6 Å². The number of hydrogen-bond donors (Lipinski definition) is 2. The van der Waals surface area contributed by atoms with E-state index in [1.807, 2.05) is 13.8 Å². The first-order chi connectivity index (χ1) is 8.74. The van der Waals surface area contributed by atoms with Crippen LogP contribution < -0.4 is 0 Å². The summed E-state index contributed by atoms with van der Waals surface area (Å²) in [6, 6.07) is 0. The molecule has 2 rings (SSSR count). The summed E-state index contributed by atoms with van der Waals surface area (Å²) in [5.41, 5.74) is 0.474. The van der Waals surface area contributed by atoms with E-state index in [2.05, 4.69) is 6.58 Å². The van der Waals surface area contributed by atoms with Crippen molar-refractivity contribution in [3.05, 3.63) is 23.8 Å². The summed E-state index contributed by atoms with van der Waals surface area (Å²) in [6.45, 7) is 9.26. The lowest BCUT2D eigenvalue weighted by Crippen LogP contribution is -2.53. The van der Waals surface area contributed by atoms with Crippen LogP contribution in [0.4, 0.5) is 0 Å². The first kappa shape index (κ1) is 14.4. The zero-order chi connectivity index (χ0) is 14.4. The van der Waals surface area contributed by atoms with E-state index in [0.29, 0.717) is 12.8 Å². The third-order valence-electron chi connectivity index (χ3n) is 4.10. The molecule has 0 aromatic heterocycles. The number of aliphatic hydroxyl groups excluding tert-OH is 1. The largest absolute Gasteiger partial charge is 0.387 e. The smallest absolute Gasteiger partial charge is 0.188 e. The van der Waals surface area contributed by atoms with Gasteiger partial charge in [0.05, 0.1) is 11.7 Å². The molecule has 106 valence electrons. The molecule has 4 heteroatoms. The molecule has 5 atom stereocenters. The van der Waals surface area contributed by atoms with E-state index in [4.69, 9.17) is 4.74 Å². The molecule has 2 N–H and O–H groups in total. The molecule has 5 unspecified atom stereocenters. The zero-order valence-electron chi connectivity index (χ0n) is 11.7. The second-order valence-electron chi connectivity index (χ2n) is 6.13. The fraction of sp³-hybridized carbons (Fsp3) is 0.667. The van der Waals surface area contributed by atoms with Crippen molar-refractivity contribution in [3.8, 4) is 0 Å². The minimum atomic E-state index is -1.16. The summed E-state index contributed by atoms with van der Waals surface area (Å²) in [5.74, 6) is -0.180. The highest BCUT2D eigenvalue weighted by molar-refractivity contribution is 5.96. The minimum Gasteiger partial charge on any atom is -0.387 e. The van der Waals surface area contributed by atoms with Crippen molar-refractivity contribution in [2.75, 3.05) is 0 Å². The number of rotatable bonds is 2. The summed E-state index contributed by atoms with van der Waals surface area (Å²) < 4.78 is 5.68. The van der Waals surface area contributed by atoms with Crippen molar-refractivity contribution in [2.24, 2.45) is 5.92 Å². The number of allylic oxidation sites excluding steroid dienone is 1. The SMILES string of the molecule is C=C1C(C(=O)C=C(C)C)OC2C1CCC(C)(O)C2O. The highest BCUT2D eigenvalue weighted by Gasteiger charge is 2.52. The van der Waals surface area contributed by atoms with Crippen molar-refractivity contribution in [1.82, 2.24) is 0 Å².